The second-order valence-corrected chi connectivity index (χ2v) is 9.96. The topological polar surface area (TPSA) is 265 Å². The number of esters is 1. The van der Waals surface area contributed by atoms with Gasteiger partial charge in [-0.2, -0.15) is 0 Å². The van der Waals surface area contributed by atoms with Crippen molar-refractivity contribution in [2.24, 2.45) is 5.73 Å². The Morgan fingerprint density at radius 2 is 1.49 bits per heavy atom. The molecule has 262 valence electrons. The minimum atomic E-state index is -1.66. The summed E-state index contributed by atoms with van der Waals surface area (Å²) in [6.45, 7) is 12.7. The molecule has 1 aliphatic heterocycles. The number of carbonyl (C=O) groups excluding carboxylic acids is 6. The number of rotatable bonds is 14. The third kappa shape index (κ3) is 16.0. The van der Waals surface area contributed by atoms with Crippen LogP contribution in [-0.4, -0.2) is 119 Å². The molecule has 0 bridgehead atoms. The third-order valence-corrected chi connectivity index (χ3v) is 5.98. The molecular weight excluding hydrogens is 598 g/mol. The molecule has 0 saturated carbocycles. The van der Waals surface area contributed by atoms with Gasteiger partial charge in [0, 0.05) is 13.3 Å². The second kappa shape index (κ2) is 23.0. The lowest BCUT2D eigenvalue weighted by molar-refractivity contribution is -0.266. The molecule has 1 saturated heterocycles. The van der Waals surface area contributed by atoms with Gasteiger partial charge >= 0.3 is 5.97 Å². The molecule has 17 nitrogen and oxygen atoms in total. The number of hydrogen-bond donors (Lipinski definition) is 8. The van der Waals surface area contributed by atoms with Crippen molar-refractivity contribution < 1.29 is 58.3 Å². The molecule has 9 atom stereocenters. The number of carbonyl (C=O) groups is 6. The van der Waals surface area contributed by atoms with Crippen molar-refractivity contribution in [3.8, 4) is 0 Å². The van der Waals surface area contributed by atoms with Gasteiger partial charge in [-0.05, 0) is 27.2 Å². The average Bonchev–Trinajstić information content (AvgIpc) is 2.98. The van der Waals surface area contributed by atoms with Gasteiger partial charge in [-0.1, -0.05) is 34.1 Å². The van der Waals surface area contributed by atoms with Crippen LogP contribution in [0.2, 0.25) is 0 Å². The molecule has 5 unspecified atom stereocenters. The van der Waals surface area contributed by atoms with E-state index in [-0.39, 0.29) is 12.8 Å². The summed E-state index contributed by atoms with van der Waals surface area (Å²) in [6, 6.07) is -4.69. The maximum atomic E-state index is 12.7. The number of nitrogens with one attached hydrogen (secondary N) is 4. The summed E-state index contributed by atoms with van der Waals surface area (Å²) in [7, 11) is 1.16. The van der Waals surface area contributed by atoms with Gasteiger partial charge in [-0.25, -0.2) is 4.79 Å². The minimum absolute atomic E-state index is 0.193. The molecule has 5 amide bonds. The summed E-state index contributed by atoms with van der Waals surface area (Å²) < 4.78 is 15.2. The fourth-order valence-electron chi connectivity index (χ4n) is 3.74. The molecule has 1 fully saturated rings. The molecule has 0 aliphatic carbocycles. The van der Waals surface area contributed by atoms with Crippen molar-refractivity contribution in [3.63, 3.8) is 0 Å². The molecule has 17 heteroatoms. The van der Waals surface area contributed by atoms with Crippen LogP contribution >= 0.6 is 0 Å². The molecule has 9 N–H and O–H groups in total. The Morgan fingerprint density at radius 3 is 1.96 bits per heavy atom. The lowest BCUT2D eigenvalue weighted by Gasteiger charge is -2.43. The number of nitrogens with two attached hydrogens (primary N) is 1. The Labute approximate surface area is 264 Å². The Balaban J connectivity index is 0. The average molecular weight is 652 g/mol. The van der Waals surface area contributed by atoms with E-state index in [2.05, 4.69) is 39.9 Å². The fourth-order valence-corrected chi connectivity index (χ4v) is 3.74. The highest BCUT2D eigenvalue weighted by Crippen LogP contribution is 2.23. The number of aliphatic hydroxyl groups excluding tert-OH is 3. The van der Waals surface area contributed by atoms with Gasteiger partial charge in [0.15, 0.2) is 6.29 Å². The van der Waals surface area contributed by atoms with Crippen molar-refractivity contribution in [3.05, 3.63) is 0 Å². The number of primary amides is 1. The van der Waals surface area contributed by atoms with E-state index in [1.165, 1.54) is 27.2 Å². The minimum Gasteiger partial charge on any atom is -0.467 e. The lowest BCUT2D eigenvalue weighted by Crippen LogP contribution is -2.65. The molecule has 0 aromatic heterocycles. The zero-order chi connectivity index (χ0) is 35.4. The van der Waals surface area contributed by atoms with Gasteiger partial charge in [-0.3, -0.25) is 24.0 Å². The van der Waals surface area contributed by atoms with E-state index in [9.17, 15) is 44.1 Å². The quantitative estimate of drug-likeness (QED) is 0.0923. The zero-order valence-corrected chi connectivity index (χ0v) is 27.6. The van der Waals surface area contributed by atoms with Crippen LogP contribution in [0.1, 0.15) is 74.7 Å². The summed E-state index contributed by atoms with van der Waals surface area (Å²) in [4.78, 5) is 72.1. The third-order valence-electron chi connectivity index (χ3n) is 5.98. The van der Waals surface area contributed by atoms with E-state index in [0.717, 1.165) is 14.0 Å². The van der Waals surface area contributed by atoms with Crippen LogP contribution < -0.4 is 27.0 Å². The monoisotopic (exact) mass is 651 g/mol. The molecule has 1 aliphatic rings. The predicted octanol–water partition coefficient (Wildman–Crippen LogP) is -2.29. The number of hydrogen-bond acceptors (Lipinski definition) is 12. The highest BCUT2D eigenvalue weighted by atomic mass is 16.6. The van der Waals surface area contributed by atoms with Crippen molar-refractivity contribution >= 4 is 35.5 Å². The van der Waals surface area contributed by atoms with E-state index < -0.39 is 97.0 Å². The normalized spacial score (nSPS) is 23.1. The maximum Gasteiger partial charge on any atom is 0.328 e. The van der Waals surface area contributed by atoms with Crippen molar-refractivity contribution in [2.75, 3.05) is 13.7 Å². The summed E-state index contributed by atoms with van der Waals surface area (Å²) in [5, 5.41) is 39.5. The van der Waals surface area contributed by atoms with E-state index in [0.29, 0.717) is 0 Å². The van der Waals surface area contributed by atoms with Crippen LogP contribution in [0.4, 0.5) is 0 Å². The van der Waals surface area contributed by atoms with Crippen LogP contribution in [0.5, 0.6) is 0 Å². The molecule has 0 aromatic rings. The Bertz CT molecular complexity index is 953. The highest BCUT2D eigenvalue weighted by Gasteiger charge is 2.47. The summed E-state index contributed by atoms with van der Waals surface area (Å²) in [5.74, 6) is -4.43. The first-order valence-electron chi connectivity index (χ1n) is 14.9. The molecule has 0 aromatic carbocycles. The fraction of sp³-hybridized carbons (Fsp3) is 0.786. The number of methoxy groups -OCH3 is 1. The van der Waals surface area contributed by atoms with Crippen molar-refractivity contribution in [2.45, 2.75) is 130 Å². The maximum absolute atomic E-state index is 12.7. The van der Waals surface area contributed by atoms with E-state index >= 15 is 0 Å². The molecule has 0 spiro atoms. The zero-order valence-electron chi connectivity index (χ0n) is 27.6. The number of aliphatic hydroxyl groups is 3. The predicted molar refractivity (Wildman–Crippen MR) is 161 cm³/mol. The molecular formula is C28H53N5O12. The number of amides is 5. The van der Waals surface area contributed by atoms with Gasteiger partial charge in [0.05, 0.1) is 13.7 Å². The molecule has 0 radical (unpaired) electrons. The van der Waals surface area contributed by atoms with Crippen molar-refractivity contribution in [1.82, 2.24) is 21.3 Å². The van der Waals surface area contributed by atoms with E-state index in [4.69, 9.17) is 15.2 Å². The lowest BCUT2D eigenvalue weighted by atomic mass is 9.96. The van der Waals surface area contributed by atoms with Gasteiger partial charge in [0.25, 0.3) is 0 Å². The van der Waals surface area contributed by atoms with E-state index in [1.54, 1.807) is 0 Å². The van der Waals surface area contributed by atoms with Crippen molar-refractivity contribution in [1.29, 1.82) is 0 Å². The van der Waals surface area contributed by atoms with Crippen LogP contribution in [0, 0.1) is 0 Å². The van der Waals surface area contributed by atoms with E-state index in [1.807, 2.05) is 13.8 Å². The largest absolute Gasteiger partial charge is 0.467 e. The standard InChI is InChI=1S/C23H39N5O12.C3H8.C2H6/c1-9(20(34)28-13(19(24)33)6-7-15(31)25-10(2)22(36)38-5)26-21(35)11(3)39-18-16(27-12(4)30)23(37)40-14(8-29)17(18)32;1-3-2;1-2/h9-11,13-14,16-18,23,29,32,37H,6-8H2,1-5H3,(H2,24,33)(H,25,31)(H,26,35)(H,27,30)(H,28,34);3H2,1-2H3;1-2H3/t9-,10-,11+,13+,14?,16?,17?,18?,23?;;/m0../s1. The van der Waals surface area contributed by atoms with Crippen LogP contribution in [0.3, 0.4) is 0 Å². The summed E-state index contributed by atoms with van der Waals surface area (Å²) in [5.41, 5.74) is 5.32. The van der Waals surface area contributed by atoms with Crippen LogP contribution in [-0.2, 0) is 43.0 Å². The van der Waals surface area contributed by atoms with Crippen LogP contribution in [0.25, 0.3) is 0 Å². The SMILES string of the molecule is CC.CCC.COC(=O)[C@H](C)NC(=O)CC[C@@H](NC(=O)[C@H](C)NC(=O)[C@@H](C)OC1C(O)C(CO)OC(O)C1NC(C)=O)C(N)=O. The summed E-state index contributed by atoms with van der Waals surface area (Å²) >= 11 is 0. The Kier molecular flexibility index (Phi) is 22.4. The van der Waals surface area contributed by atoms with Gasteiger partial charge in [0.1, 0.15) is 48.6 Å². The number of ether oxygens (including phenoxy) is 3. The first-order chi connectivity index (χ1) is 21.0. The Morgan fingerprint density at radius 1 is 0.933 bits per heavy atom. The Hall–Kier alpha value is -3.38. The first-order valence-corrected chi connectivity index (χ1v) is 14.9. The molecule has 1 heterocycles. The summed E-state index contributed by atoms with van der Waals surface area (Å²) in [6.07, 6.45) is -6.37. The van der Waals surface area contributed by atoms with Crippen LogP contribution in [0.15, 0.2) is 0 Å². The highest BCUT2D eigenvalue weighted by molar-refractivity contribution is 5.92. The molecule has 45 heavy (non-hydrogen) atoms. The molecule has 1 rings (SSSR count). The van der Waals surface area contributed by atoms with Gasteiger partial charge in [0.2, 0.25) is 29.5 Å². The first kappa shape index (κ1) is 43.7. The van der Waals surface area contributed by atoms with Gasteiger partial charge < -0.3 is 56.5 Å². The smallest absolute Gasteiger partial charge is 0.328 e. The second-order valence-electron chi connectivity index (χ2n) is 9.96. The van der Waals surface area contributed by atoms with Gasteiger partial charge in [-0.15, -0.1) is 0 Å².